The topological polar surface area (TPSA) is 44.6 Å². The fourth-order valence-corrected chi connectivity index (χ4v) is 5.83. The minimum absolute atomic E-state index is 0.0386. The summed E-state index contributed by atoms with van der Waals surface area (Å²) >= 11 is 0. The molecule has 1 amide bonds. The molecule has 0 aromatic carbocycles. The highest BCUT2D eigenvalue weighted by Gasteiger charge is 2.47. The van der Waals surface area contributed by atoms with Crippen molar-refractivity contribution < 1.29 is 18.0 Å². The lowest BCUT2D eigenvalue weighted by atomic mass is 9.81. The minimum Gasteiger partial charge on any atom is -0.356 e. The highest BCUT2D eigenvalue weighted by molar-refractivity contribution is 5.99. The van der Waals surface area contributed by atoms with Gasteiger partial charge in [0.15, 0.2) is 0 Å². The summed E-state index contributed by atoms with van der Waals surface area (Å²) in [7, 11) is 1.98. The summed E-state index contributed by atoms with van der Waals surface area (Å²) in [6, 6.07) is 6.48. The van der Waals surface area contributed by atoms with Crippen LogP contribution >= 0.6 is 0 Å². The number of piperidine rings is 2. The molecule has 0 unspecified atom stereocenters. The van der Waals surface area contributed by atoms with E-state index in [9.17, 15) is 18.0 Å². The molecule has 3 aliphatic heterocycles. The van der Waals surface area contributed by atoms with E-state index in [0.29, 0.717) is 50.3 Å². The van der Waals surface area contributed by atoms with E-state index in [4.69, 9.17) is 0 Å². The van der Waals surface area contributed by atoms with E-state index >= 15 is 0 Å². The van der Waals surface area contributed by atoms with Gasteiger partial charge in [0.25, 0.3) is 5.91 Å². The lowest BCUT2D eigenvalue weighted by Gasteiger charge is -2.50. The van der Waals surface area contributed by atoms with Gasteiger partial charge in [-0.3, -0.25) is 9.69 Å². The summed E-state index contributed by atoms with van der Waals surface area (Å²) in [5.41, 5.74) is 0.273. The summed E-state index contributed by atoms with van der Waals surface area (Å²) in [5, 5.41) is 0. The number of pyridine rings is 1. The Hall–Kier alpha value is -2.55. The van der Waals surface area contributed by atoms with Crippen LogP contribution in [0.1, 0.15) is 53.8 Å². The third-order valence-electron chi connectivity index (χ3n) is 7.69. The first kappa shape index (κ1) is 22.3. The molecule has 2 aromatic heterocycles. The quantitative estimate of drug-likeness (QED) is 0.679. The Morgan fingerprint density at radius 1 is 0.970 bits per heavy atom. The van der Waals surface area contributed by atoms with Crippen LogP contribution in [0.4, 0.5) is 19.0 Å². The number of anilines is 1. The normalized spacial score (nSPS) is 21.3. The van der Waals surface area contributed by atoms with Crippen LogP contribution in [0.2, 0.25) is 0 Å². The Morgan fingerprint density at radius 2 is 1.70 bits per heavy atom. The molecule has 5 heterocycles. The molecule has 0 N–H and O–H groups in total. The predicted molar refractivity (Wildman–Crippen MR) is 119 cm³/mol. The Balaban J connectivity index is 1.37. The van der Waals surface area contributed by atoms with E-state index in [1.165, 1.54) is 17.1 Å². The number of hydrogen-bond acceptors (Lipinski definition) is 4. The maximum Gasteiger partial charge on any atom is 0.431 e. The number of carbonyl (C=O) groups excluding carboxylic acids is 1. The SMILES string of the molecule is CN1CCn2c(C(F)(F)F)ccc2C12CCN(C(=O)c1cccnc1N1CCCCC1)CC2. The number of hydrogen-bond donors (Lipinski definition) is 0. The molecular weight excluding hydrogens is 431 g/mol. The van der Waals surface area contributed by atoms with E-state index in [2.05, 4.69) is 14.8 Å². The summed E-state index contributed by atoms with van der Waals surface area (Å²) in [4.78, 5) is 24.2. The molecule has 178 valence electrons. The maximum atomic E-state index is 13.5. The first-order valence-corrected chi connectivity index (χ1v) is 11.8. The summed E-state index contributed by atoms with van der Waals surface area (Å²) in [6.07, 6.45) is 1.98. The molecule has 0 saturated carbocycles. The molecule has 0 radical (unpaired) electrons. The standard InChI is InChI=1S/C24H30F3N5O/c1-29-16-17-32-19(7-8-20(32)24(25,26)27)23(29)9-14-31(15-10-23)22(33)18-6-5-11-28-21(18)30-12-3-2-4-13-30/h5-8,11H,2-4,9-10,12-17H2,1H3. The molecule has 2 aromatic rings. The zero-order chi connectivity index (χ0) is 23.2. The molecule has 0 aliphatic carbocycles. The van der Waals surface area contributed by atoms with Crippen LogP contribution in [-0.2, 0) is 18.3 Å². The van der Waals surface area contributed by atoms with Crippen molar-refractivity contribution in [2.24, 2.45) is 0 Å². The molecule has 9 heteroatoms. The Morgan fingerprint density at radius 3 is 2.39 bits per heavy atom. The number of nitrogens with zero attached hydrogens (tertiary/aromatic N) is 5. The van der Waals surface area contributed by atoms with Gasteiger partial charge in [0, 0.05) is 51.2 Å². The zero-order valence-electron chi connectivity index (χ0n) is 18.9. The number of likely N-dealkylation sites (tertiary alicyclic amines) is 1. The summed E-state index contributed by atoms with van der Waals surface area (Å²) < 4.78 is 42.0. The third kappa shape index (κ3) is 3.80. The molecule has 33 heavy (non-hydrogen) atoms. The van der Waals surface area contributed by atoms with Crippen molar-refractivity contribution in [3.8, 4) is 0 Å². The Kier molecular flexibility index (Phi) is 5.63. The number of aromatic nitrogens is 2. The van der Waals surface area contributed by atoms with Crippen molar-refractivity contribution in [1.29, 1.82) is 0 Å². The van der Waals surface area contributed by atoms with Crippen LogP contribution in [-0.4, -0.2) is 65.0 Å². The highest BCUT2D eigenvalue weighted by Crippen LogP contribution is 2.44. The van der Waals surface area contributed by atoms with Crippen LogP contribution in [0, 0.1) is 0 Å². The van der Waals surface area contributed by atoms with Gasteiger partial charge >= 0.3 is 6.18 Å². The maximum absolute atomic E-state index is 13.5. The molecule has 1 spiro atoms. The van der Waals surface area contributed by atoms with Crippen molar-refractivity contribution in [1.82, 2.24) is 19.4 Å². The molecule has 2 saturated heterocycles. The molecular formula is C24H30F3N5O. The third-order valence-corrected chi connectivity index (χ3v) is 7.69. The summed E-state index contributed by atoms with van der Waals surface area (Å²) in [5.74, 6) is 0.712. The lowest BCUT2D eigenvalue weighted by Crippen LogP contribution is -2.56. The van der Waals surface area contributed by atoms with Gasteiger partial charge in [0.05, 0.1) is 11.1 Å². The van der Waals surface area contributed by atoms with Gasteiger partial charge in [-0.1, -0.05) is 0 Å². The largest absolute Gasteiger partial charge is 0.431 e. The van der Waals surface area contributed by atoms with Crippen LogP contribution in [0.25, 0.3) is 0 Å². The minimum atomic E-state index is -4.36. The van der Waals surface area contributed by atoms with Gasteiger partial charge in [-0.05, 0) is 63.4 Å². The van der Waals surface area contributed by atoms with Crippen molar-refractivity contribution in [3.05, 3.63) is 47.4 Å². The number of alkyl halides is 3. The summed E-state index contributed by atoms with van der Waals surface area (Å²) in [6.45, 7) is 3.70. The van der Waals surface area contributed by atoms with E-state index < -0.39 is 17.4 Å². The molecule has 5 rings (SSSR count). The van der Waals surface area contributed by atoms with Gasteiger partial charge in [-0.25, -0.2) is 4.98 Å². The van der Waals surface area contributed by atoms with Crippen LogP contribution in [0.5, 0.6) is 0 Å². The number of halogens is 3. The lowest BCUT2D eigenvalue weighted by molar-refractivity contribution is -0.144. The second-order valence-electron chi connectivity index (χ2n) is 9.42. The molecule has 0 atom stereocenters. The van der Waals surface area contributed by atoms with E-state index in [1.807, 2.05) is 18.0 Å². The van der Waals surface area contributed by atoms with Gasteiger partial charge in [0.2, 0.25) is 0 Å². The monoisotopic (exact) mass is 461 g/mol. The van der Waals surface area contributed by atoms with E-state index in [0.717, 1.165) is 31.7 Å². The van der Waals surface area contributed by atoms with Crippen molar-refractivity contribution in [2.75, 3.05) is 44.7 Å². The Labute approximate surface area is 192 Å². The Bertz CT molecular complexity index is 1020. The zero-order valence-corrected chi connectivity index (χ0v) is 18.9. The van der Waals surface area contributed by atoms with Crippen molar-refractivity contribution >= 4 is 11.7 Å². The van der Waals surface area contributed by atoms with E-state index in [-0.39, 0.29) is 5.91 Å². The highest BCUT2D eigenvalue weighted by atomic mass is 19.4. The smallest absolute Gasteiger partial charge is 0.356 e. The molecule has 0 bridgehead atoms. The fraction of sp³-hybridized carbons (Fsp3) is 0.583. The molecule has 2 fully saturated rings. The predicted octanol–water partition coefficient (Wildman–Crippen LogP) is 3.97. The first-order valence-electron chi connectivity index (χ1n) is 11.8. The average molecular weight is 462 g/mol. The fourth-order valence-electron chi connectivity index (χ4n) is 5.83. The second-order valence-corrected chi connectivity index (χ2v) is 9.42. The molecule has 6 nitrogen and oxygen atoms in total. The van der Waals surface area contributed by atoms with Crippen molar-refractivity contribution in [3.63, 3.8) is 0 Å². The van der Waals surface area contributed by atoms with E-state index in [1.54, 1.807) is 18.3 Å². The van der Waals surface area contributed by atoms with Crippen LogP contribution < -0.4 is 4.90 Å². The molecule has 3 aliphatic rings. The number of likely N-dealkylation sites (N-methyl/N-ethyl adjacent to an activating group) is 1. The number of amides is 1. The van der Waals surface area contributed by atoms with Gasteiger partial charge in [-0.2, -0.15) is 13.2 Å². The van der Waals surface area contributed by atoms with Crippen LogP contribution in [0.15, 0.2) is 30.5 Å². The van der Waals surface area contributed by atoms with Gasteiger partial charge in [0.1, 0.15) is 11.5 Å². The second kappa shape index (κ2) is 8.34. The van der Waals surface area contributed by atoms with Crippen molar-refractivity contribution in [2.45, 2.75) is 50.4 Å². The van der Waals surface area contributed by atoms with Gasteiger partial charge < -0.3 is 14.4 Å². The number of fused-ring (bicyclic) bond motifs is 2. The average Bonchev–Trinajstić information content (AvgIpc) is 3.28. The van der Waals surface area contributed by atoms with Gasteiger partial charge in [-0.15, -0.1) is 0 Å². The number of carbonyl (C=O) groups is 1. The van der Waals surface area contributed by atoms with Crippen LogP contribution in [0.3, 0.4) is 0 Å². The number of rotatable bonds is 2. The first-order chi connectivity index (χ1) is 15.8.